The average molecular weight is 449 g/mol. The standard InChI is InChI=1S/C26H33FN6/c1-3-32(4-2)16-5-13-29-26-23-19-33(18-20-6-8-22(27)9-7-20)17-12-24(23)30-25(31-26)21-10-14-28-15-11-21/h6-11,14-15H,3-5,12-13,16-19H2,1-2H3,(H,29,30,31). The van der Waals surface area contributed by atoms with Gasteiger partial charge in [0.05, 0.1) is 5.69 Å². The predicted octanol–water partition coefficient (Wildman–Crippen LogP) is 4.38. The van der Waals surface area contributed by atoms with E-state index in [1.165, 1.54) is 17.7 Å². The van der Waals surface area contributed by atoms with E-state index in [0.29, 0.717) is 0 Å². The van der Waals surface area contributed by atoms with Gasteiger partial charge in [0.2, 0.25) is 0 Å². The molecule has 1 aliphatic rings. The summed E-state index contributed by atoms with van der Waals surface area (Å²) in [6, 6.07) is 10.7. The molecule has 0 aliphatic carbocycles. The van der Waals surface area contributed by atoms with E-state index >= 15 is 0 Å². The van der Waals surface area contributed by atoms with Crippen LogP contribution in [0.2, 0.25) is 0 Å². The highest BCUT2D eigenvalue weighted by Gasteiger charge is 2.23. The SMILES string of the molecule is CCN(CC)CCCNc1nc(-c2ccncc2)nc2c1CN(Cc1ccc(F)cc1)CC2. The van der Waals surface area contributed by atoms with Crippen molar-refractivity contribution >= 4 is 5.82 Å². The fourth-order valence-electron chi connectivity index (χ4n) is 4.28. The maximum absolute atomic E-state index is 13.3. The minimum Gasteiger partial charge on any atom is -0.370 e. The van der Waals surface area contributed by atoms with E-state index < -0.39 is 0 Å². The van der Waals surface area contributed by atoms with Crippen molar-refractivity contribution in [2.45, 2.75) is 39.8 Å². The van der Waals surface area contributed by atoms with Gasteiger partial charge >= 0.3 is 0 Å². The largest absolute Gasteiger partial charge is 0.370 e. The number of nitrogens with one attached hydrogen (secondary N) is 1. The zero-order valence-corrected chi connectivity index (χ0v) is 19.6. The van der Waals surface area contributed by atoms with Crippen LogP contribution < -0.4 is 5.32 Å². The average Bonchev–Trinajstić information content (AvgIpc) is 2.86. The molecular formula is C26H33FN6. The van der Waals surface area contributed by atoms with Crippen molar-refractivity contribution in [3.63, 3.8) is 0 Å². The Kier molecular flexibility index (Phi) is 7.96. The molecule has 3 aromatic rings. The Morgan fingerprint density at radius 3 is 2.52 bits per heavy atom. The molecule has 0 amide bonds. The molecule has 1 N–H and O–H groups in total. The summed E-state index contributed by atoms with van der Waals surface area (Å²) in [7, 11) is 0. The molecule has 0 saturated carbocycles. The van der Waals surface area contributed by atoms with E-state index in [1.54, 1.807) is 12.4 Å². The number of hydrogen-bond donors (Lipinski definition) is 1. The summed E-state index contributed by atoms with van der Waals surface area (Å²) in [5.74, 6) is 1.47. The quantitative estimate of drug-likeness (QED) is 0.465. The Morgan fingerprint density at radius 1 is 1.03 bits per heavy atom. The number of rotatable bonds is 10. The van der Waals surface area contributed by atoms with Crippen molar-refractivity contribution in [2.75, 3.05) is 38.0 Å². The van der Waals surface area contributed by atoms with Gasteiger partial charge in [0.15, 0.2) is 5.82 Å². The van der Waals surface area contributed by atoms with E-state index in [0.717, 1.165) is 87.1 Å². The van der Waals surface area contributed by atoms with Gasteiger partial charge in [-0.2, -0.15) is 0 Å². The van der Waals surface area contributed by atoms with Crippen molar-refractivity contribution in [3.05, 3.63) is 71.4 Å². The molecule has 174 valence electrons. The zero-order valence-electron chi connectivity index (χ0n) is 19.6. The summed E-state index contributed by atoms with van der Waals surface area (Å²) in [5, 5.41) is 3.61. The second-order valence-electron chi connectivity index (χ2n) is 8.45. The Hall–Kier alpha value is -2.90. The number of halogens is 1. The Morgan fingerprint density at radius 2 is 1.79 bits per heavy atom. The van der Waals surface area contributed by atoms with E-state index in [9.17, 15) is 4.39 Å². The lowest BCUT2D eigenvalue weighted by molar-refractivity contribution is 0.243. The third-order valence-electron chi connectivity index (χ3n) is 6.24. The number of benzene rings is 1. The van der Waals surface area contributed by atoms with Crippen molar-refractivity contribution in [2.24, 2.45) is 0 Å². The normalized spacial score (nSPS) is 13.8. The first-order valence-electron chi connectivity index (χ1n) is 11.9. The van der Waals surface area contributed by atoms with Gasteiger partial charge in [0.25, 0.3) is 0 Å². The summed E-state index contributed by atoms with van der Waals surface area (Å²) in [6.07, 6.45) is 5.48. The van der Waals surface area contributed by atoms with Gasteiger partial charge in [-0.25, -0.2) is 14.4 Å². The van der Waals surface area contributed by atoms with Crippen molar-refractivity contribution in [3.8, 4) is 11.4 Å². The molecule has 0 bridgehead atoms. The van der Waals surface area contributed by atoms with E-state index in [-0.39, 0.29) is 5.82 Å². The fourth-order valence-corrected chi connectivity index (χ4v) is 4.28. The van der Waals surface area contributed by atoms with E-state index in [4.69, 9.17) is 9.97 Å². The highest BCUT2D eigenvalue weighted by Crippen LogP contribution is 2.28. The van der Waals surface area contributed by atoms with Crippen LogP contribution in [0.15, 0.2) is 48.8 Å². The minimum absolute atomic E-state index is 0.198. The summed E-state index contributed by atoms with van der Waals surface area (Å²) in [4.78, 5) is 18.8. The molecule has 4 rings (SSSR count). The number of pyridine rings is 1. The van der Waals surface area contributed by atoms with E-state index in [1.807, 2.05) is 24.3 Å². The van der Waals surface area contributed by atoms with Crippen molar-refractivity contribution < 1.29 is 4.39 Å². The molecule has 3 heterocycles. The number of nitrogens with zero attached hydrogens (tertiary/aromatic N) is 5. The van der Waals surface area contributed by atoms with Crippen LogP contribution in [0.3, 0.4) is 0 Å². The molecule has 0 saturated heterocycles. The van der Waals surface area contributed by atoms with Crippen molar-refractivity contribution in [1.29, 1.82) is 0 Å². The molecule has 0 atom stereocenters. The molecule has 0 unspecified atom stereocenters. The van der Waals surface area contributed by atoms with Gasteiger partial charge in [0, 0.05) is 56.1 Å². The van der Waals surface area contributed by atoms with E-state index in [2.05, 4.69) is 33.9 Å². The van der Waals surface area contributed by atoms with Gasteiger partial charge < -0.3 is 10.2 Å². The second-order valence-corrected chi connectivity index (χ2v) is 8.45. The van der Waals surface area contributed by atoms with Crippen LogP contribution in [0.5, 0.6) is 0 Å². The molecule has 0 spiro atoms. The van der Waals surface area contributed by atoms with Crippen LogP contribution >= 0.6 is 0 Å². The molecule has 6 nitrogen and oxygen atoms in total. The molecule has 2 aromatic heterocycles. The maximum atomic E-state index is 13.3. The summed E-state index contributed by atoms with van der Waals surface area (Å²) < 4.78 is 13.3. The number of aromatic nitrogens is 3. The summed E-state index contributed by atoms with van der Waals surface area (Å²) >= 11 is 0. The first kappa shape index (κ1) is 23.3. The fraction of sp³-hybridized carbons (Fsp3) is 0.423. The van der Waals surface area contributed by atoms with Crippen molar-refractivity contribution in [1.82, 2.24) is 24.8 Å². The first-order chi connectivity index (χ1) is 16.2. The number of hydrogen-bond acceptors (Lipinski definition) is 6. The lowest BCUT2D eigenvalue weighted by Crippen LogP contribution is -2.32. The molecule has 1 aromatic carbocycles. The highest BCUT2D eigenvalue weighted by atomic mass is 19.1. The number of anilines is 1. The zero-order chi connectivity index (χ0) is 23.0. The van der Waals surface area contributed by atoms with Gasteiger partial charge in [-0.3, -0.25) is 9.88 Å². The molecule has 0 radical (unpaired) electrons. The molecule has 0 fully saturated rings. The first-order valence-corrected chi connectivity index (χ1v) is 11.9. The Balaban J connectivity index is 1.53. The third kappa shape index (κ3) is 6.12. The number of fused-ring (bicyclic) bond motifs is 1. The molecular weight excluding hydrogens is 415 g/mol. The van der Waals surface area contributed by atoms with Crippen LogP contribution in [-0.4, -0.2) is 57.5 Å². The topological polar surface area (TPSA) is 57.2 Å². The van der Waals surface area contributed by atoms with Crippen LogP contribution in [0.1, 0.15) is 37.1 Å². The molecule has 33 heavy (non-hydrogen) atoms. The van der Waals surface area contributed by atoms with Gasteiger partial charge in [-0.05, 0) is 55.9 Å². The monoisotopic (exact) mass is 448 g/mol. The lowest BCUT2D eigenvalue weighted by atomic mass is 10.0. The van der Waals surface area contributed by atoms with Gasteiger partial charge in [0.1, 0.15) is 11.6 Å². The maximum Gasteiger partial charge on any atom is 0.161 e. The third-order valence-corrected chi connectivity index (χ3v) is 6.24. The van der Waals surface area contributed by atoms with Crippen LogP contribution in [0, 0.1) is 5.82 Å². The summed E-state index contributed by atoms with van der Waals surface area (Å²) in [5.41, 5.74) is 4.37. The Labute approximate surface area is 195 Å². The lowest BCUT2D eigenvalue weighted by Gasteiger charge is -2.30. The molecule has 7 heteroatoms. The Bertz CT molecular complexity index is 1020. The minimum atomic E-state index is -0.198. The molecule has 1 aliphatic heterocycles. The summed E-state index contributed by atoms with van der Waals surface area (Å²) in [6.45, 7) is 11.0. The smallest absolute Gasteiger partial charge is 0.161 e. The van der Waals surface area contributed by atoms with Gasteiger partial charge in [-0.15, -0.1) is 0 Å². The highest BCUT2D eigenvalue weighted by molar-refractivity contribution is 5.59. The van der Waals surface area contributed by atoms with Crippen LogP contribution in [0.4, 0.5) is 10.2 Å². The van der Waals surface area contributed by atoms with Crippen LogP contribution in [-0.2, 0) is 19.5 Å². The predicted molar refractivity (Wildman–Crippen MR) is 130 cm³/mol. The second kappa shape index (κ2) is 11.3. The van der Waals surface area contributed by atoms with Gasteiger partial charge in [-0.1, -0.05) is 26.0 Å². The van der Waals surface area contributed by atoms with Crippen LogP contribution in [0.25, 0.3) is 11.4 Å².